The van der Waals surface area contributed by atoms with Crippen molar-refractivity contribution in [3.63, 3.8) is 0 Å². The quantitative estimate of drug-likeness (QED) is 0.857. The molecule has 1 fully saturated rings. The topological polar surface area (TPSA) is 75.0 Å². The number of rotatable bonds is 5. The first-order chi connectivity index (χ1) is 9.66. The summed E-state index contributed by atoms with van der Waals surface area (Å²) >= 11 is 0. The van der Waals surface area contributed by atoms with Crippen LogP contribution in [0.15, 0.2) is 12.3 Å². The number of H-pyrrole nitrogens is 1. The van der Waals surface area contributed by atoms with E-state index in [2.05, 4.69) is 24.0 Å². The van der Waals surface area contributed by atoms with Crippen LogP contribution < -0.4 is 5.73 Å². The number of carbonyl (C=O) groups excluding carboxylic acids is 1. The van der Waals surface area contributed by atoms with Crippen LogP contribution in [0.3, 0.4) is 0 Å². The van der Waals surface area contributed by atoms with Crippen molar-refractivity contribution in [1.82, 2.24) is 15.1 Å². The number of piperidine rings is 1. The van der Waals surface area contributed by atoms with Gasteiger partial charge in [0, 0.05) is 37.4 Å². The highest BCUT2D eigenvalue weighted by atomic mass is 35.5. The standard InChI is InChI=1S/C15H26N4O.2ClH/c1-3-15(4-2,11-16)14(20)19-9-6-12(7-10-19)13-5-8-17-18-13;;/h5,8,12H,3-4,6-7,9-11,16H2,1-2H3,(H,17,18);2*1H. The molecular weight excluding hydrogens is 323 g/mol. The minimum atomic E-state index is -0.360. The molecule has 128 valence electrons. The molecule has 0 unspecified atom stereocenters. The fourth-order valence-electron chi connectivity index (χ4n) is 3.15. The van der Waals surface area contributed by atoms with Gasteiger partial charge in [-0.15, -0.1) is 24.8 Å². The Hall–Kier alpha value is -0.780. The molecule has 1 aromatic heterocycles. The van der Waals surface area contributed by atoms with Gasteiger partial charge in [-0.1, -0.05) is 13.8 Å². The largest absolute Gasteiger partial charge is 0.342 e. The van der Waals surface area contributed by atoms with E-state index in [1.807, 2.05) is 11.0 Å². The lowest BCUT2D eigenvalue weighted by Crippen LogP contribution is -2.49. The molecule has 7 heteroatoms. The number of aromatic amines is 1. The molecule has 3 N–H and O–H groups in total. The van der Waals surface area contributed by atoms with Crippen LogP contribution >= 0.6 is 24.8 Å². The smallest absolute Gasteiger partial charge is 0.230 e. The van der Waals surface area contributed by atoms with E-state index < -0.39 is 0 Å². The van der Waals surface area contributed by atoms with Crippen LogP contribution in [0.5, 0.6) is 0 Å². The van der Waals surface area contributed by atoms with E-state index in [0.717, 1.165) is 38.8 Å². The highest BCUT2D eigenvalue weighted by molar-refractivity contribution is 5.85. The molecule has 2 rings (SSSR count). The van der Waals surface area contributed by atoms with Crippen LogP contribution in [0.2, 0.25) is 0 Å². The number of likely N-dealkylation sites (tertiary alicyclic amines) is 1. The van der Waals surface area contributed by atoms with Crippen molar-refractivity contribution in [3.05, 3.63) is 18.0 Å². The van der Waals surface area contributed by atoms with Crippen LogP contribution in [-0.4, -0.2) is 40.6 Å². The summed E-state index contributed by atoms with van der Waals surface area (Å²) in [6.07, 6.45) is 5.43. The summed E-state index contributed by atoms with van der Waals surface area (Å²) in [6.45, 7) is 6.21. The van der Waals surface area contributed by atoms with Crippen LogP contribution in [0, 0.1) is 5.41 Å². The molecule has 1 aromatic rings. The highest BCUT2D eigenvalue weighted by Crippen LogP contribution is 2.32. The Morgan fingerprint density at radius 3 is 2.36 bits per heavy atom. The summed E-state index contributed by atoms with van der Waals surface area (Å²) in [7, 11) is 0. The van der Waals surface area contributed by atoms with Gasteiger partial charge in [0.2, 0.25) is 5.91 Å². The van der Waals surface area contributed by atoms with Gasteiger partial charge in [-0.3, -0.25) is 9.89 Å². The van der Waals surface area contributed by atoms with E-state index in [-0.39, 0.29) is 36.1 Å². The summed E-state index contributed by atoms with van der Waals surface area (Å²) in [6, 6.07) is 2.03. The van der Waals surface area contributed by atoms with Crippen LogP contribution in [0.1, 0.15) is 51.1 Å². The van der Waals surface area contributed by atoms with Gasteiger partial charge in [0.25, 0.3) is 0 Å². The normalized spacial score (nSPS) is 15.9. The molecule has 22 heavy (non-hydrogen) atoms. The molecule has 0 spiro atoms. The molecule has 0 aliphatic carbocycles. The third kappa shape index (κ3) is 4.15. The Labute approximate surface area is 145 Å². The number of nitrogens with zero attached hydrogens (tertiary/aromatic N) is 2. The van der Waals surface area contributed by atoms with Gasteiger partial charge in [0.1, 0.15) is 0 Å². The monoisotopic (exact) mass is 350 g/mol. The van der Waals surface area contributed by atoms with Crippen molar-refractivity contribution < 1.29 is 4.79 Å². The van der Waals surface area contributed by atoms with Gasteiger partial charge in [-0.05, 0) is 31.7 Å². The number of nitrogens with one attached hydrogen (secondary N) is 1. The number of aromatic nitrogens is 2. The first-order valence-electron chi connectivity index (χ1n) is 7.65. The third-order valence-electron chi connectivity index (χ3n) is 4.94. The van der Waals surface area contributed by atoms with Crippen LogP contribution in [-0.2, 0) is 4.79 Å². The van der Waals surface area contributed by atoms with Gasteiger partial charge in [-0.2, -0.15) is 5.10 Å². The van der Waals surface area contributed by atoms with Crippen molar-refractivity contribution >= 4 is 30.7 Å². The summed E-state index contributed by atoms with van der Waals surface area (Å²) in [5.74, 6) is 0.741. The van der Waals surface area contributed by atoms with Gasteiger partial charge in [-0.25, -0.2) is 0 Å². The Morgan fingerprint density at radius 2 is 1.95 bits per heavy atom. The van der Waals surface area contributed by atoms with E-state index in [0.29, 0.717) is 12.5 Å². The fraction of sp³-hybridized carbons (Fsp3) is 0.733. The summed E-state index contributed by atoms with van der Waals surface area (Å²) < 4.78 is 0. The third-order valence-corrected chi connectivity index (χ3v) is 4.94. The SMILES string of the molecule is CCC(CC)(CN)C(=O)N1CCC(c2ccn[nH]2)CC1.Cl.Cl. The van der Waals surface area contributed by atoms with Crippen molar-refractivity contribution in [1.29, 1.82) is 0 Å². The zero-order valence-electron chi connectivity index (χ0n) is 13.4. The minimum Gasteiger partial charge on any atom is -0.342 e. The second-order valence-corrected chi connectivity index (χ2v) is 5.77. The van der Waals surface area contributed by atoms with E-state index in [9.17, 15) is 4.79 Å². The molecule has 1 aliphatic rings. The van der Waals surface area contributed by atoms with E-state index in [1.54, 1.807) is 6.20 Å². The molecule has 5 nitrogen and oxygen atoms in total. The van der Waals surface area contributed by atoms with Crippen LogP contribution in [0.4, 0.5) is 0 Å². The lowest BCUT2D eigenvalue weighted by Gasteiger charge is -2.38. The maximum Gasteiger partial charge on any atom is 0.230 e. The molecule has 0 atom stereocenters. The highest BCUT2D eigenvalue weighted by Gasteiger charge is 2.38. The lowest BCUT2D eigenvalue weighted by atomic mass is 9.80. The molecule has 0 aromatic carbocycles. The van der Waals surface area contributed by atoms with Crippen molar-refractivity contribution in [2.45, 2.75) is 45.4 Å². The number of hydrogen-bond donors (Lipinski definition) is 2. The van der Waals surface area contributed by atoms with Gasteiger partial charge >= 0.3 is 0 Å². The summed E-state index contributed by atoms with van der Waals surface area (Å²) in [5, 5.41) is 7.05. The van der Waals surface area contributed by atoms with Crippen molar-refractivity contribution in [2.24, 2.45) is 11.1 Å². The molecule has 1 amide bonds. The predicted octanol–water partition coefficient (Wildman–Crippen LogP) is 2.72. The van der Waals surface area contributed by atoms with Gasteiger partial charge < -0.3 is 10.6 Å². The minimum absolute atomic E-state index is 0. The van der Waals surface area contributed by atoms with E-state index in [1.165, 1.54) is 5.69 Å². The zero-order valence-corrected chi connectivity index (χ0v) is 15.0. The van der Waals surface area contributed by atoms with Crippen molar-refractivity contribution in [3.8, 4) is 0 Å². The second-order valence-electron chi connectivity index (χ2n) is 5.77. The number of carbonyl (C=O) groups is 1. The van der Waals surface area contributed by atoms with Crippen molar-refractivity contribution in [2.75, 3.05) is 19.6 Å². The first-order valence-corrected chi connectivity index (χ1v) is 7.65. The Kier molecular flexibility index (Phi) is 9.05. The Balaban J connectivity index is 0.00000220. The van der Waals surface area contributed by atoms with Gasteiger partial charge in [0.05, 0.1) is 5.41 Å². The number of hydrogen-bond acceptors (Lipinski definition) is 3. The molecule has 0 saturated carbocycles. The second kappa shape index (κ2) is 9.38. The molecule has 0 bridgehead atoms. The lowest BCUT2D eigenvalue weighted by molar-refractivity contribution is -0.143. The molecule has 1 saturated heterocycles. The molecule has 0 radical (unpaired) electrons. The maximum absolute atomic E-state index is 12.7. The first kappa shape index (κ1) is 21.2. The Morgan fingerprint density at radius 1 is 1.36 bits per heavy atom. The molecular formula is C15H28Cl2N4O. The van der Waals surface area contributed by atoms with Crippen LogP contribution in [0.25, 0.3) is 0 Å². The fourth-order valence-corrected chi connectivity index (χ4v) is 3.15. The summed E-state index contributed by atoms with van der Waals surface area (Å²) in [5.41, 5.74) is 6.71. The van der Waals surface area contributed by atoms with E-state index in [4.69, 9.17) is 5.73 Å². The molecule has 1 aliphatic heterocycles. The van der Waals surface area contributed by atoms with Gasteiger partial charge in [0.15, 0.2) is 0 Å². The summed E-state index contributed by atoms with van der Waals surface area (Å²) in [4.78, 5) is 14.7. The van der Waals surface area contributed by atoms with E-state index >= 15 is 0 Å². The predicted molar refractivity (Wildman–Crippen MR) is 93.7 cm³/mol. The zero-order chi connectivity index (χ0) is 14.6. The average molecular weight is 351 g/mol. The number of nitrogens with two attached hydrogens (primary N) is 1. The average Bonchev–Trinajstić information content (AvgIpc) is 3.04. The Bertz CT molecular complexity index is 418. The number of amides is 1. The maximum atomic E-state index is 12.7. The number of halogens is 2. The molecule has 2 heterocycles.